The molecule has 3 heterocycles. The summed E-state index contributed by atoms with van der Waals surface area (Å²) >= 11 is 20.7. The highest BCUT2D eigenvalue weighted by Gasteiger charge is 2.36. The third-order valence-corrected chi connectivity index (χ3v) is 9.32. The second-order valence-electron chi connectivity index (χ2n) is 10.2. The van der Waals surface area contributed by atoms with Crippen LogP contribution in [0.25, 0.3) is 0 Å². The number of hydrogen-bond acceptors (Lipinski definition) is 4. The number of likely N-dealkylation sites (tertiary alicyclic amines) is 2. The van der Waals surface area contributed by atoms with Crippen molar-refractivity contribution in [2.75, 3.05) is 39.3 Å². The molecule has 2 fully saturated rings. The van der Waals surface area contributed by atoms with Gasteiger partial charge in [0.25, 0.3) is 0 Å². The summed E-state index contributed by atoms with van der Waals surface area (Å²) in [4.78, 5) is 5.24. The van der Waals surface area contributed by atoms with E-state index in [0.29, 0.717) is 29.4 Å². The van der Waals surface area contributed by atoms with E-state index in [0.717, 1.165) is 67.0 Å². The van der Waals surface area contributed by atoms with Crippen LogP contribution < -0.4 is 0 Å². The monoisotopic (exact) mass is 562 g/mol. The number of thiophene rings is 1. The summed E-state index contributed by atoms with van der Waals surface area (Å²) in [5.41, 5.74) is 3.71. The third kappa shape index (κ3) is 6.85. The molecule has 7 heteroatoms. The van der Waals surface area contributed by atoms with E-state index in [1.54, 1.807) is 11.3 Å². The summed E-state index contributed by atoms with van der Waals surface area (Å²) in [6.07, 6.45) is 2.39. The first-order valence-electron chi connectivity index (χ1n) is 12.8. The predicted molar refractivity (Wildman–Crippen MR) is 153 cm³/mol. The zero-order chi connectivity index (χ0) is 24.9. The van der Waals surface area contributed by atoms with Gasteiger partial charge in [-0.3, -0.25) is 4.90 Å². The molecule has 0 bridgehead atoms. The van der Waals surface area contributed by atoms with Gasteiger partial charge in [-0.25, -0.2) is 0 Å². The molecule has 0 aliphatic carbocycles. The lowest BCUT2D eigenvalue weighted by molar-refractivity contribution is 0.0542. The topological polar surface area (TPSA) is 15.7 Å². The molecule has 0 radical (unpaired) electrons. The van der Waals surface area contributed by atoms with E-state index in [-0.39, 0.29) is 0 Å². The Balaban J connectivity index is 1.13. The Bertz CT molecular complexity index is 1120. The molecule has 1 aromatic heterocycles. The largest absolute Gasteiger partial charge is 0.376 e. The molecule has 3 aromatic rings. The van der Waals surface area contributed by atoms with Gasteiger partial charge in [0.1, 0.15) is 0 Å². The molecule has 0 spiro atoms. The summed E-state index contributed by atoms with van der Waals surface area (Å²) in [6.45, 7) is 7.91. The van der Waals surface area contributed by atoms with Crippen LogP contribution in [-0.2, 0) is 17.9 Å². The van der Waals surface area contributed by atoms with Gasteiger partial charge in [0.2, 0.25) is 0 Å². The molecule has 36 heavy (non-hydrogen) atoms. The van der Waals surface area contributed by atoms with Crippen LogP contribution in [0, 0.1) is 11.8 Å². The van der Waals surface area contributed by atoms with Crippen LogP contribution in [0.5, 0.6) is 0 Å². The van der Waals surface area contributed by atoms with Crippen molar-refractivity contribution in [2.24, 2.45) is 11.8 Å². The van der Waals surface area contributed by atoms with Crippen molar-refractivity contribution in [3.05, 3.63) is 91.0 Å². The van der Waals surface area contributed by atoms with Gasteiger partial charge in [0.15, 0.2) is 0 Å². The van der Waals surface area contributed by atoms with Crippen LogP contribution in [-0.4, -0.2) is 49.1 Å². The first-order valence-corrected chi connectivity index (χ1v) is 14.8. The maximum Gasteiger partial charge on any atom is 0.0731 e. The fourth-order valence-corrected chi connectivity index (χ4v) is 7.03. The highest BCUT2D eigenvalue weighted by atomic mass is 35.5. The fourth-order valence-electron chi connectivity index (χ4n) is 5.65. The average molecular weight is 564 g/mol. The Morgan fingerprint density at radius 3 is 2.47 bits per heavy atom. The van der Waals surface area contributed by atoms with Crippen LogP contribution in [0.4, 0.5) is 0 Å². The Kier molecular flexibility index (Phi) is 9.29. The first-order chi connectivity index (χ1) is 17.5. The van der Waals surface area contributed by atoms with Gasteiger partial charge in [-0.15, -0.1) is 0 Å². The van der Waals surface area contributed by atoms with E-state index >= 15 is 0 Å². The standard InChI is InChI=1S/C29H33Cl3N2OS/c30-26-6-5-22(29(32)13-26)14-34-16-25(27(17-34)24-9-12-36-20-24)15-33-10-7-21(8-11-33)18-35-19-23-3-1-2-4-28(23)31/h1-6,9,12-13,20-21,25,27H,7-8,10-11,14-19H2/t25-,27+/m0/s1. The molecule has 2 atom stereocenters. The lowest BCUT2D eigenvalue weighted by Gasteiger charge is -2.34. The second kappa shape index (κ2) is 12.6. The molecule has 2 aliphatic heterocycles. The first kappa shape index (κ1) is 26.5. The molecule has 2 aromatic carbocycles. The van der Waals surface area contributed by atoms with Crippen molar-refractivity contribution in [2.45, 2.75) is 31.9 Å². The van der Waals surface area contributed by atoms with E-state index in [1.165, 1.54) is 18.4 Å². The minimum absolute atomic E-state index is 0.569. The number of benzene rings is 2. The van der Waals surface area contributed by atoms with Gasteiger partial charge in [-0.2, -0.15) is 11.3 Å². The van der Waals surface area contributed by atoms with Crippen LogP contribution >= 0.6 is 46.1 Å². The van der Waals surface area contributed by atoms with Crippen molar-refractivity contribution in [3.8, 4) is 0 Å². The summed E-state index contributed by atoms with van der Waals surface area (Å²) < 4.78 is 6.03. The van der Waals surface area contributed by atoms with Crippen LogP contribution in [0.2, 0.25) is 15.1 Å². The van der Waals surface area contributed by atoms with Gasteiger partial charge in [-0.1, -0.05) is 59.1 Å². The molecule has 0 N–H and O–H groups in total. The van der Waals surface area contributed by atoms with E-state index in [9.17, 15) is 0 Å². The third-order valence-electron chi connectivity index (χ3n) is 7.67. The minimum atomic E-state index is 0.569. The molecular weight excluding hydrogens is 531 g/mol. The Labute approximate surface area is 233 Å². The molecule has 0 amide bonds. The summed E-state index contributed by atoms with van der Waals surface area (Å²) in [5.74, 6) is 1.82. The quantitative estimate of drug-likeness (QED) is 0.264. The Hall–Kier alpha value is -1.11. The minimum Gasteiger partial charge on any atom is -0.376 e. The second-order valence-corrected chi connectivity index (χ2v) is 12.2. The number of hydrogen-bond donors (Lipinski definition) is 0. The average Bonchev–Trinajstić information content (AvgIpc) is 3.53. The number of halogens is 3. The summed E-state index contributed by atoms with van der Waals surface area (Å²) in [6, 6.07) is 16.1. The molecule has 2 saturated heterocycles. The highest BCUT2D eigenvalue weighted by Crippen LogP contribution is 2.36. The lowest BCUT2D eigenvalue weighted by Crippen LogP contribution is -2.39. The predicted octanol–water partition coefficient (Wildman–Crippen LogP) is 7.85. The van der Waals surface area contributed by atoms with Gasteiger partial charge >= 0.3 is 0 Å². The van der Waals surface area contributed by atoms with E-state index in [4.69, 9.17) is 39.5 Å². The SMILES string of the molecule is Clc1ccc(CN2C[C@H](CN3CCC(COCc4ccccc4Cl)CC3)[C@@H](c3ccsc3)C2)c(Cl)c1. The van der Waals surface area contributed by atoms with Crippen molar-refractivity contribution in [1.29, 1.82) is 0 Å². The maximum absolute atomic E-state index is 6.49. The molecule has 5 rings (SSSR count). The van der Waals surface area contributed by atoms with Gasteiger partial charge in [-0.05, 0) is 89.5 Å². The van der Waals surface area contributed by atoms with Crippen molar-refractivity contribution in [3.63, 3.8) is 0 Å². The van der Waals surface area contributed by atoms with Gasteiger partial charge < -0.3 is 9.64 Å². The summed E-state index contributed by atoms with van der Waals surface area (Å²) in [7, 11) is 0. The molecule has 0 unspecified atom stereocenters. The molecular formula is C29H33Cl3N2OS. The molecule has 2 aliphatic rings. The number of nitrogens with zero attached hydrogens (tertiary/aromatic N) is 2. The fraction of sp³-hybridized carbons (Fsp3) is 0.448. The lowest BCUT2D eigenvalue weighted by atomic mass is 9.89. The maximum atomic E-state index is 6.49. The van der Waals surface area contributed by atoms with Crippen molar-refractivity contribution in [1.82, 2.24) is 9.80 Å². The van der Waals surface area contributed by atoms with Crippen molar-refractivity contribution >= 4 is 46.1 Å². The van der Waals surface area contributed by atoms with Crippen LogP contribution in [0.1, 0.15) is 35.4 Å². The van der Waals surface area contributed by atoms with Gasteiger partial charge in [0.05, 0.1) is 6.61 Å². The zero-order valence-corrected chi connectivity index (χ0v) is 23.5. The Morgan fingerprint density at radius 1 is 0.889 bits per heavy atom. The highest BCUT2D eigenvalue weighted by molar-refractivity contribution is 7.08. The number of ether oxygens (including phenoxy) is 1. The molecule has 3 nitrogen and oxygen atoms in total. The van der Waals surface area contributed by atoms with Crippen LogP contribution in [0.3, 0.4) is 0 Å². The van der Waals surface area contributed by atoms with Crippen molar-refractivity contribution < 1.29 is 4.74 Å². The number of rotatable bonds is 9. The van der Waals surface area contributed by atoms with E-state index in [1.807, 2.05) is 36.4 Å². The van der Waals surface area contributed by atoms with E-state index < -0.39 is 0 Å². The molecule has 0 saturated carbocycles. The van der Waals surface area contributed by atoms with Gasteiger partial charge in [0, 0.05) is 53.8 Å². The summed E-state index contributed by atoms with van der Waals surface area (Å²) in [5, 5.41) is 6.78. The van der Waals surface area contributed by atoms with Crippen LogP contribution in [0.15, 0.2) is 59.3 Å². The smallest absolute Gasteiger partial charge is 0.0731 e. The zero-order valence-electron chi connectivity index (χ0n) is 20.4. The molecule has 192 valence electrons. The number of piperidine rings is 1. The van der Waals surface area contributed by atoms with E-state index in [2.05, 4.69) is 32.7 Å². The Morgan fingerprint density at radius 2 is 1.72 bits per heavy atom. The normalized spacial score (nSPS) is 21.9.